The van der Waals surface area contributed by atoms with Crippen LogP contribution in [-0.4, -0.2) is 29.2 Å². The summed E-state index contributed by atoms with van der Waals surface area (Å²) in [6, 6.07) is 30.8. The first kappa shape index (κ1) is 26.6. The van der Waals surface area contributed by atoms with Crippen LogP contribution in [0.2, 0.25) is 0 Å². The van der Waals surface area contributed by atoms with Crippen molar-refractivity contribution >= 4 is 5.97 Å². The Kier molecular flexibility index (Phi) is 8.41. The van der Waals surface area contributed by atoms with Gasteiger partial charge in [-0.05, 0) is 54.4 Å². The highest BCUT2D eigenvalue weighted by Crippen LogP contribution is 2.46. The Labute approximate surface area is 233 Å². The fraction of sp³-hybridized carbons (Fsp3) is 0.152. The second kappa shape index (κ2) is 12.7. The zero-order valence-electron chi connectivity index (χ0n) is 22.4. The summed E-state index contributed by atoms with van der Waals surface area (Å²) < 4.78 is 25.7. The summed E-state index contributed by atoms with van der Waals surface area (Å²) in [5.74, 6) is 0.887. The Morgan fingerprint density at radius 1 is 0.775 bits per heavy atom. The van der Waals surface area contributed by atoms with E-state index in [2.05, 4.69) is 4.98 Å². The third-order valence-corrected chi connectivity index (χ3v) is 6.27. The summed E-state index contributed by atoms with van der Waals surface area (Å²) in [6.07, 6.45) is 3.44. The van der Waals surface area contributed by atoms with Crippen molar-refractivity contribution in [1.82, 2.24) is 9.55 Å². The van der Waals surface area contributed by atoms with E-state index in [1.807, 2.05) is 102 Å². The first-order chi connectivity index (χ1) is 19.7. The molecular weight excluding hydrogens is 504 g/mol. The largest absolute Gasteiger partial charge is 0.497 e. The molecule has 40 heavy (non-hydrogen) atoms. The molecule has 0 amide bonds. The van der Waals surface area contributed by atoms with Crippen molar-refractivity contribution in [3.8, 4) is 34.2 Å². The zero-order chi connectivity index (χ0) is 27.7. The van der Waals surface area contributed by atoms with Crippen LogP contribution in [0.1, 0.15) is 28.5 Å². The van der Waals surface area contributed by atoms with E-state index in [4.69, 9.17) is 18.9 Å². The van der Waals surface area contributed by atoms with Crippen molar-refractivity contribution in [2.45, 2.75) is 20.1 Å². The highest BCUT2D eigenvalue weighted by atomic mass is 16.5. The number of nitrogens with zero attached hydrogens (tertiary/aromatic N) is 2. The van der Waals surface area contributed by atoms with Crippen LogP contribution in [0.15, 0.2) is 109 Å². The van der Waals surface area contributed by atoms with Crippen LogP contribution in [0.5, 0.6) is 17.2 Å². The topological polar surface area (TPSA) is 71.8 Å². The number of methoxy groups -OCH3 is 1. The van der Waals surface area contributed by atoms with Crippen molar-refractivity contribution in [2.75, 3.05) is 13.7 Å². The quantitative estimate of drug-likeness (QED) is 0.172. The van der Waals surface area contributed by atoms with Gasteiger partial charge in [-0.15, -0.1) is 0 Å². The maximum Gasteiger partial charge on any atom is 0.359 e. The van der Waals surface area contributed by atoms with Gasteiger partial charge >= 0.3 is 5.97 Å². The number of ether oxygens (including phenoxy) is 4. The number of carbonyl (C=O) groups excluding carboxylic acids is 1. The van der Waals surface area contributed by atoms with Crippen LogP contribution in [0.25, 0.3) is 16.9 Å². The van der Waals surface area contributed by atoms with E-state index in [0.29, 0.717) is 28.6 Å². The smallest absolute Gasteiger partial charge is 0.359 e. The van der Waals surface area contributed by atoms with E-state index < -0.39 is 5.97 Å². The molecule has 2 heterocycles. The predicted molar refractivity (Wildman–Crippen MR) is 153 cm³/mol. The van der Waals surface area contributed by atoms with Crippen LogP contribution in [0.4, 0.5) is 0 Å². The summed E-state index contributed by atoms with van der Waals surface area (Å²) >= 11 is 0. The Balaban J connectivity index is 1.75. The van der Waals surface area contributed by atoms with Crippen LogP contribution in [0.3, 0.4) is 0 Å². The first-order valence-corrected chi connectivity index (χ1v) is 13.0. The fourth-order valence-electron chi connectivity index (χ4n) is 4.39. The standard InChI is InChI=1S/C33H30N2O5/c1-3-38-33(36)30-32(40-23-25-13-8-5-9-14-25)31(39-22-24-11-6-4-7-12-24)29(26-15-10-20-34-21-26)35(30)27-16-18-28(37-2)19-17-27/h4-21H,3,22-23H2,1-2H3. The van der Waals surface area contributed by atoms with Crippen molar-refractivity contribution in [3.05, 3.63) is 126 Å². The average molecular weight is 535 g/mol. The first-order valence-electron chi connectivity index (χ1n) is 13.0. The van der Waals surface area contributed by atoms with Gasteiger partial charge in [0.15, 0.2) is 17.2 Å². The van der Waals surface area contributed by atoms with Gasteiger partial charge in [-0.25, -0.2) is 4.79 Å². The molecule has 0 atom stereocenters. The molecule has 0 aliphatic carbocycles. The van der Waals surface area contributed by atoms with E-state index in [9.17, 15) is 4.79 Å². The lowest BCUT2D eigenvalue weighted by molar-refractivity contribution is 0.0511. The van der Waals surface area contributed by atoms with Crippen molar-refractivity contribution in [3.63, 3.8) is 0 Å². The second-order valence-corrected chi connectivity index (χ2v) is 8.90. The summed E-state index contributed by atoms with van der Waals surface area (Å²) in [7, 11) is 1.61. The predicted octanol–water partition coefficient (Wildman–Crippen LogP) is 6.88. The molecular formula is C33H30N2O5. The molecule has 0 N–H and O–H groups in total. The lowest BCUT2D eigenvalue weighted by Gasteiger charge is -2.14. The molecule has 2 aromatic heterocycles. The van der Waals surface area contributed by atoms with E-state index in [1.165, 1.54) is 0 Å². The van der Waals surface area contributed by atoms with Gasteiger partial charge in [-0.3, -0.25) is 9.55 Å². The SMILES string of the molecule is CCOC(=O)c1c(OCc2ccccc2)c(OCc2ccccc2)c(-c2cccnc2)n1-c1ccc(OC)cc1. The van der Waals surface area contributed by atoms with Crippen molar-refractivity contribution in [1.29, 1.82) is 0 Å². The van der Waals surface area contributed by atoms with Crippen molar-refractivity contribution < 1.29 is 23.7 Å². The number of hydrogen-bond acceptors (Lipinski definition) is 6. The van der Waals surface area contributed by atoms with Crippen LogP contribution >= 0.6 is 0 Å². The number of hydrogen-bond donors (Lipinski definition) is 0. The van der Waals surface area contributed by atoms with Crippen molar-refractivity contribution in [2.24, 2.45) is 0 Å². The molecule has 0 bridgehead atoms. The highest BCUT2D eigenvalue weighted by Gasteiger charge is 2.33. The molecule has 0 saturated heterocycles. The number of esters is 1. The number of rotatable bonds is 11. The summed E-state index contributed by atoms with van der Waals surface area (Å²) in [5.41, 5.74) is 4.24. The van der Waals surface area contributed by atoms with E-state index in [1.54, 1.807) is 26.4 Å². The molecule has 0 saturated carbocycles. The van der Waals surface area contributed by atoms with Gasteiger partial charge in [0.05, 0.1) is 13.7 Å². The summed E-state index contributed by atoms with van der Waals surface area (Å²) in [5, 5.41) is 0. The van der Waals surface area contributed by atoms with Crippen LogP contribution < -0.4 is 14.2 Å². The Morgan fingerprint density at radius 2 is 1.40 bits per heavy atom. The Morgan fingerprint density at radius 3 is 1.95 bits per heavy atom. The Hall–Kier alpha value is -5.04. The van der Waals surface area contributed by atoms with Crippen LogP contribution in [0, 0.1) is 0 Å². The average Bonchev–Trinajstić information content (AvgIpc) is 3.34. The molecule has 0 aliphatic heterocycles. The maximum absolute atomic E-state index is 13.6. The van der Waals surface area contributed by atoms with Gasteiger partial charge < -0.3 is 18.9 Å². The second-order valence-electron chi connectivity index (χ2n) is 8.90. The molecule has 0 unspecified atom stereocenters. The third kappa shape index (κ3) is 5.83. The van der Waals surface area contributed by atoms with Gasteiger partial charge in [0.25, 0.3) is 0 Å². The molecule has 202 valence electrons. The van der Waals surface area contributed by atoms with Gasteiger partial charge in [-0.1, -0.05) is 60.7 Å². The minimum absolute atomic E-state index is 0.202. The number of benzene rings is 3. The van der Waals surface area contributed by atoms with E-state index in [0.717, 1.165) is 16.7 Å². The van der Waals surface area contributed by atoms with Gasteiger partial charge in [0.2, 0.25) is 0 Å². The monoisotopic (exact) mass is 534 g/mol. The third-order valence-electron chi connectivity index (χ3n) is 6.27. The molecule has 7 nitrogen and oxygen atoms in total. The normalized spacial score (nSPS) is 10.7. The minimum atomic E-state index is -0.527. The maximum atomic E-state index is 13.6. The molecule has 7 heteroatoms. The van der Waals surface area contributed by atoms with E-state index in [-0.39, 0.29) is 25.5 Å². The fourth-order valence-corrected chi connectivity index (χ4v) is 4.39. The molecule has 0 fully saturated rings. The van der Waals surface area contributed by atoms with Crippen LogP contribution in [-0.2, 0) is 18.0 Å². The number of pyridine rings is 1. The lowest BCUT2D eigenvalue weighted by atomic mass is 10.2. The molecule has 3 aromatic carbocycles. The lowest BCUT2D eigenvalue weighted by Crippen LogP contribution is -2.13. The Bertz CT molecular complexity index is 1530. The minimum Gasteiger partial charge on any atom is -0.497 e. The summed E-state index contributed by atoms with van der Waals surface area (Å²) in [4.78, 5) is 18.0. The molecule has 5 aromatic rings. The highest BCUT2D eigenvalue weighted by molar-refractivity contribution is 5.96. The van der Waals surface area contributed by atoms with Gasteiger partial charge in [0, 0.05) is 23.6 Å². The molecule has 0 radical (unpaired) electrons. The van der Waals surface area contributed by atoms with Gasteiger partial charge in [-0.2, -0.15) is 0 Å². The molecule has 5 rings (SSSR count). The van der Waals surface area contributed by atoms with E-state index >= 15 is 0 Å². The summed E-state index contributed by atoms with van der Waals surface area (Å²) in [6.45, 7) is 2.48. The van der Waals surface area contributed by atoms with Gasteiger partial charge in [0.1, 0.15) is 24.7 Å². The zero-order valence-corrected chi connectivity index (χ0v) is 22.4. The molecule has 0 aliphatic rings. The number of aromatic nitrogens is 2. The number of carbonyl (C=O) groups is 1. The molecule has 0 spiro atoms.